The number of urea groups is 1. The molecule has 25 heavy (non-hydrogen) atoms. The van der Waals surface area contributed by atoms with E-state index >= 15 is 0 Å². The summed E-state index contributed by atoms with van der Waals surface area (Å²) in [5.41, 5.74) is 6.62. The Morgan fingerprint density at radius 3 is 1.92 bits per heavy atom. The third-order valence-corrected chi connectivity index (χ3v) is 1.16. The average molecular weight is 526 g/mol. The molecule has 0 aliphatic heterocycles. The van der Waals surface area contributed by atoms with Gasteiger partial charge in [0.1, 0.15) is 4.92 Å². The van der Waals surface area contributed by atoms with Crippen LogP contribution in [0, 0.1) is 10.1 Å². The van der Waals surface area contributed by atoms with Crippen molar-refractivity contribution < 1.29 is 66.8 Å². The fourth-order valence-corrected chi connectivity index (χ4v) is 0.669. The smallest absolute Gasteiger partial charge is 1.00 e. The Labute approximate surface area is 175 Å². The van der Waals surface area contributed by atoms with Crippen molar-refractivity contribution in [1.82, 2.24) is 5.43 Å². The third-order valence-electron chi connectivity index (χ3n) is 1.16. The molecular weight excluding hydrogens is 508 g/mol. The molecule has 0 bridgehead atoms. The SMILES string of the molecule is CS(C)=O.CS(C)=O.NC(=O)N/N=C/c1ccc([N+](=O)[O-])o1.[Cl-].[Cl-].[Ru+2]. The number of furan rings is 1. The van der Waals surface area contributed by atoms with Gasteiger partial charge in [-0.1, -0.05) is 0 Å². The van der Waals surface area contributed by atoms with Crippen molar-refractivity contribution in [2.24, 2.45) is 10.8 Å². The molecule has 3 N–H and O–H groups in total. The van der Waals surface area contributed by atoms with E-state index in [1.807, 2.05) is 5.43 Å². The molecule has 148 valence electrons. The molecule has 0 aromatic carbocycles. The van der Waals surface area contributed by atoms with Crippen molar-refractivity contribution >= 4 is 39.7 Å². The Balaban J connectivity index is -0.000000104. The van der Waals surface area contributed by atoms with E-state index in [0.29, 0.717) is 0 Å². The third kappa shape index (κ3) is 31.4. The van der Waals surface area contributed by atoms with Gasteiger partial charge >= 0.3 is 31.4 Å². The first kappa shape index (κ1) is 35.3. The van der Waals surface area contributed by atoms with Crippen LogP contribution in [0.4, 0.5) is 10.7 Å². The van der Waals surface area contributed by atoms with Crippen molar-refractivity contribution in [3.05, 3.63) is 28.0 Å². The van der Waals surface area contributed by atoms with Gasteiger partial charge in [0.15, 0.2) is 5.76 Å². The van der Waals surface area contributed by atoms with Gasteiger partial charge in [0.2, 0.25) is 0 Å². The maximum atomic E-state index is 10.2. The van der Waals surface area contributed by atoms with E-state index in [-0.39, 0.29) is 50.1 Å². The molecule has 0 radical (unpaired) electrons. The quantitative estimate of drug-likeness (QED) is 0.173. The van der Waals surface area contributed by atoms with Gasteiger partial charge in [0, 0.05) is 46.6 Å². The molecule has 0 saturated carbocycles. The summed E-state index contributed by atoms with van der Waals surface area (Å²) >= 11 is 0. The summed E-state index contributed by atoms with van der Waals surface area (Å²) in [6, 6.07) is 1.68. The molecule has 0 aliphatic carbocycles. The number of primary amides is 1. The van der Waals surface area contributed by atoms with E-state index in [4.69, 9.17) is 5.73 Å². The van der Waals surface area contributed by atoms with E-state index in [0.717, 1.165) is 6.21 Å². The van der Waals surface area contributed by atoms with E-state index in [1.54, 1.807) is 25.0 Å². The van der Waals surface area contributed by atoms with Crippen LogP contribution in [0.5, 0.6) is 0 Å². The summed E-state index contributed by atoms with van der Waals surface area (Å²) in [6.45, 7) is 0. The summed E-state index contributed by atoms with van der Waals surface area (Å²) in [4.78, 5) is 19.7. The Kier molecular flexibility index (Phi) is 29.9. The van der Waals surface area contributed by atoms with Gasteiger partial charge in [-0.3, -0.25) is 18.5 Å². The van der Waals surface area contributed by atoms with Crippen LogP contribution in [0.25, 0.3) is 0 Å². The molecule has 1 rings (SSSR count). The Hall–Kier alpha value is -0.877. The van der Waals surface area contributed by atoms with Crippen LogP contribution in [0.3, 0.4) is 0 Å². The number of nitro groups is 1. The number of hydrogen-bond acceptors (Lipinski definition) is 7. The number of nitrogens with one attached hydrogen (secondary N) is 1. The maximum Gasteiger partial charge on any atom is 2.00 e. The van der Waals surface area contributed by atoms with Crippen LogP contribution < -0.4 is 36.0 Å². The summed E-state index contributed by atoms with van der Waals surface area (Å²) in [5.74, 6) is -0.254. The Morgan fingerprint density at radius 2 is 1.64 bits per heavy atom. The Bertz CT molecular complexity index is 553. The normalized spacial score (nSPS) is 8.56. The molecule has 1 aromatic rings. The van der Waals surface area contributed by atoms with Gasteiger partial charge in [0.05, 0.1) is 12.3 Å². The molecule has 0 saturated heterocycles. The number of nitrogens with two attached hydrogens (primary N) is 1. The summed E-state index contributed by atoms with van der Waals surface area (Å²) in [7, 11) is -1.22. The van der Waals surface area contributed by atoms with E-state index in [9.17, 15) is 23.3 Å². The van der Waals surface area contributed by atoms with Crippen LogP contribution in [0.15, 0.2) is 21.7 Å². The molecule has 0 aliphatic rings. The first-order chi connectivity index (χ1) is 10.1. The minimum absolute atomic E-state index is 0. The fraction of sp³-hybridized carbons (Fsp3) is 0.400. The molecule has 1 aromatic heterocycles. The Morgan fingerprint density at radius 1 is 1.24 bits per heavy atom. The van der Waals surface area contributed by atoms with Gasteiger partial charge in [-0.15, -0.1) is 0 Å². The molecular formula is C10H18Cl2N4O6RuS2. The van der Waals surface area contributed by atoms with Gasteiger partial charge < -0.3 is 35.0 Å². The number of rotatable bonds is 3. The van der Waals surface area contributed by atoms with Gasteiger partial charge in [-0.25, -0.2) is 10.2 Å². The van der Waals surface area contributed by atoms with Crippen molar-refractivity contribution in [3.8, 4) is 0 Å². The zero-order valence-corrected chi connectivity index (χ0v) is 18.5. The van der Waals surface area contributed by atoms with Crippen molar-refractivity contribution in [2.75, 3.05) is 25.0 Å². The fourth-order valence-electron chi connectivity index (χ4n) is 0.669. The van der Waals surface area contributed by atoms with Crippen molar-refractivity contribution in [3.63, 3.8) is 0 Å². The van der Waals surface area contributed by atoms with Crippen molar-refractivity contribution in [1.29, 1.82) is 0 Å². The number of halogens is 2. The van der Waals surface area contributed by atoms with Gasteiger partial charge in [-0.05, 0) is 6.07 Å². The number of amides is 2. The molecule has 1 heterocycles. The second kappa shape index (κ2) is 21.2. The first-order valence-electron chi connectivity index (χ1n) is 5.39. The minimum atomic E-state index is -0.831. The predicted octanol–water partition coefficient (Wildman–Crippen LogP) is -5.82. The number of hydrogen-bond donors (Lipinski definition) is 2. The van der Waals surface area contributed by atoms with Crippen molar-refractivity contribution in [2.45, 2.75) is 0 Å². The van der Waals surface area contributed by atoms with E-state index in [2.05, 4.69) is 9.52 Å². The zero-order valence-electron chi connectivity index (χ0n) is 13.6. The second-order valence-electron chi connectivity index (χ2n) is 3.65. The van der Waals surface area contributed by atoms with Crippen LogP contribution >= 0.6 is 0 Å². The maximum absolute atomic E-state index is 10.2. The summed E-state index contributed by atoms with van der Waals surface area (Å²) in [6.07, 6.45) is 7.65. The summed E-state index contributed by atoms with van der Waals surface area (Å²) < 4.78 is 23.8. The standard InChI is InChI=1S/C6H6N4O4.2C2H6OS.2ClH.Ru/c7-6(11)9-8-3-4-1-2-5(14-4)10(12)13;2*1-4(2)3;;;/h1-3H,(H3,7,9,11);2*1-2H3;2*1H;/q;;;;;+2/p-2/b8-3+;;;;;. The summed E-state index contributed by atoms with van der Waals surface area (Å²) in [5, 5.41) is 13.5. The van der Waals surface area contributed by atoms with E-state index < -0.39 is 38.4 Å². The molecule has 0 unspecified atom stereocenters. The molecule has 0 spiro atoms. The average Bonchev–Trinajstić information content (AvgIpc) is 2.75. The molecule has 0 atom stereocenters. The largest absolute Gasteiger partial charge is 2.00 e. The van der Waals surface area contributed by atoms with Crippen LogP contribution in [-0.2, 0) is 41.1 Å². The van der Waals surface area contributed by atoms with Crippen LogP contribution in [-0.4, -0.2) is 50.6 Å². The van der Waals surface area contributed by atoms with Crippen LogP contribution in [0.2, 0.25) is 0 Å². The van der Waals surface area contributed by atoms with E-state index in [1.165, 1.54) is 12.1 Å². The first-order valence-corrected chi connectivity index (χ1v) is 9.32. The monoisotopic (exact) mass is 526 g/mol. The zero-order chi connectivity index (χ0) is 17.7. The molecule has 15 heteroatoms. The molecule has 2 amide bonds. The van der Waals surface area contributed by atoms with Crippen LogP contribution in [0.1, 0.15) is 5.76 Å². The number of carbonyl (C=O) groups excluding carboxylic acids is 1. The molecule has 10 nitrogen and oxygen atoms in total. The number of hydrazone groups is 1. The minimum Gasteiger partial charge on any atom is -1.00 e. The van der Waals surface area contributed by atoms with Gasteiger partial charge in [0.25, 0.3) is 0 Å². The topological polar surface area (TPSA) is 158 Å². The second-order valence-corrected chi connectivity index (χ2v) is 6.62. The predicted molar refractivity (Wildman–Crippen MR) is 85.7 cm³/mol. The molecule has 0 fully saturated rings. The number of carbonyl (C=O) groups is 1. The van der Waals surface area contributed by atoms with Gasteiger partial charge in [-0.2, -0.15) is 5.10 Å². The number of nitrogens with zero attached hydrogens (tertiary/aromatic N) is 2.